The van der Waals surface area contributed by atoms with Crippen molar-refractivity contribution in [2.24, 2.45) is 10.8 Å². The molecule has 1 atom stereocenters. The van der Waals surface area contributed by atoms with Crippen molar-refractivity contribution in [3.8, 4) is 0 Å². The molecule has 0 aromatic carbocycles. The van der Waals surface area contributed by atoms with Gasteiger partial charge in [0.15, 0.2) is 0 Å². The van der Waals surface area contributed by atoms with Crippen LogP contribution in [0.5, 0.6) is 0 Å². The van der Waals surface area contributed by atoms with Crippen molar-refractivity contribution in [1.29, 1.82) is 0 Å². The zero-order valence-corrected chi connectivity index (χ0v) is 13.3. The summed E-state index contributed by atoms with van der Waals surface area (Å²) in [6, 6.07) is 0. The smallest absolute Gasteiger partial charge is 0.00475 e. The van der Waals surface area contributed by atoms with E-state index in [0.29, 0.717) is 10.8 Å². The van der Waals surface area contributed by atoms with Crippen LogP contribution < -0.4 is 5.32 Å². The summed E-state index contributed by atoms with van der Waals surface area (Å²) in [5, 5.41) is 3.38. The zero-order valence-electron chi connectivity index (χ0n) is 13.3. The lowest BCUT2D eigenvalue weighted by atomic mass is 9.77. The predicted molar refractivity (Wildman–Crippen MR) is 81.0 cm³/mol. The van der Waals surface area contributed by atoms with Gasteiger partial charge in [-0.15, -0.1) is 0 Å². The molecule has 108 valence electrons. The van der Waals surface area contributed by atoms with E-state index in [4.69, 9.17) is 0 Å². The molecule has 0 aromatic heterocycles. The molecule has 0 bridgehead atoms. The molecule has 0 radical (unpaired) electrons. The van der Waals surface area contributed by atoms with E-state index in [1.165, 1.54) is 51.7 Å². The van der Waals surface area contributed by atoms with Gasteiger partial charge in [-0.05, 0) is 50.2 Å². The quantitative estimate of drug-likeness (QED) is 0.748. The Morgan fingerprint density at radius 3 is 2.28 bits per heavy atom. The Morgan fingerprint density at radius 2 is 1.83 bits per heavy atom. The van der Waals surface area contributed by atoms with Crippen LogP contribution in [0.2, 0.25) is 0 Å². The highest BCUT2D eigenvalue weighted by Gasteiger charge is 2.32. The van der Waals surface area contributed by atoms with E-state index in [2.05, 4.69) is 45.0 Å². The molecule has 0 spiro atoms. The van der Waals surface area contributed by atoms with Gasteiger partial charge >= 0.3 is 0 Å². The molecule has 1 fully saturated rings. The normalized spacial score (nSPS) is 23.8. The van der Waals surface area contributed by atoms with Crippen LogP contribution in [0.15, 0.2) is 0 Å². The molecule has 1 aliphatic rings. The van der Waals surface area contributed by atoms with E-state index in [9.17, 15) is 0 Å². The molecule has 1 aliphatic heterocycles. The lowest BCUT2D eigenvalue weighted by Gasteiger charge is -2.43. The molecule has 0 aromatic rings. The molecule has 0 amide bonds. The first-order chi connectivity index (χ1) is 8.47. The van der Waals surface area contributed by atoms with Gasteiger partial charge < -0.3 is 10.2 Å². The molecular weight excluding hydrogens is 220 g/mol. The van der Waals surface area contributed by atoms with Crippen LogP contribution in [0.1, 0.15) is 59.8 Å². The average Bonchev–Trinajstić information content (AvgIpc) is 2.33. The summed E-state index contributed by atoms with van der Waals surface area (Å²) in [7, 11) is 2.08. The second-order valence-electron chi connectivity index (χ2n) is 7.03. The van der Waals surface area contributed by atoms with Gasteiger partial charge in [0.05, 0.1) is 0 Å². The van der Waals surface area contributed by atoms with Crippen LogP contribution in [-0.2, 0) is 0 Å². The maximum absolute atomic E-state index is 3.38. The Balaban J connectivity index is 2.47. The second-order valence-corrected chi connectivity index (χ2v) is 7.03. The van der Waals surface area contributed by atoms with Gasteiger partial charge in [0.1, 0.15) is 0 Å². The Labute approximate surface area is 115 Å². The molecule has 0 saturated carbocycles. The summed E-state index contributed by atoms with van der Waals surface area (Å²) >= 11 is 0. The molecule has 2 nitrogen and oxygen atoms in total. The van der Waals surface area contributed by atoms with Crippen molar-refractivity contribution >= 4 is 0 Å². The maximum Gasteiger partial charge on any atom is 0.00475 e. The van der Waals surface area contributed by atoms with Gasteiger partial charge in [-0.1, -0.05) is 40.5 Å². The van der Waals surface area contributed by atoms with Gasteiger partial charge in [-0.3, -0.25) is 0 Å². The number of nitrogens with zero attached hydrogens (tertiary/aromatic N) is 1. The molecule has 1 heterocycles. The summed E-state index contributed by atoms with van der Waals surface area (Å²) in [4.78, 5) is 2.70. The molecule has 18 heavy (non-hydrogen) atoms. The number of hydrogen-bond acceptors (Lipinski definition) is 2. The molecular formula is C16H34N2. The van der Waals surface area contributed by atoms with Gasteiger partial charge in [-0.2, -0.15) is 0 Å². The van der Waals surface area contributed by atoms with E-state index >= 15 is 0 Å². The van der Waals surface area contributed by atoms with Crippen LogP contribution in [0.25, 0.3) is 0 Å². The summed E-state index contributed by atoms with van der Waals surface area (Å²) in [6.45, 7) is 14.6. The first-order valence-corrected chi connectivity index (χ1v) is 7.84. The third kappa shape index (κ3) is 4.55. The number of likely N-dealkylation sites (tertiary alicyclic amines) is 1. The van der Waals surface area contributed by atoms with Crippen LogP contribution in [0, 0.1) is 10.8 Å². The minimum Gasteiger partial charge on any atom is -0.319 e. The van der Waals surface area contributed by atoms with E-state index in [1.807, 2.05) is 0 Å². The zero-order chi connectivity index (χ0) is 13.6. The van der Waals surface area contributed by atoms with Gasteiger partial charge in [0.2, 0.25) is 0 Å². The largest absolute Gasteiger partial charge is 0.319 e. The molecule has 2 heteroatoms. The Hall–Kier alpha value is -0.0800. The topological polar surface area (TPSA) is 15.3 Å². The summed E-state index contributed by atoms with van der Waals surface area (Å²) in [5.41, 5.74) is 1.06. The van der Waals surface area contributed by atoms with Crippen molar-refractivity contribution in [2.75, 3.05) is 33.2 Å². The standard InChI is InChI=1S/C16H34N2/c1-6-8-16(4,13-17-5)14-18-11-9-15(3,7-2)10-12-18/h17H,6-14H2,1-5H3. The molecule has 0 aliphatic carbocycles. The SMILES string of the molecule is CCCC(C)(CNC)CN1CCC(C)(CC)CC1. The number of nitrogens with one attached hydrogen (secondary N) is 1. The van der Waals surface area contributed by atoms with Crippen molar-refractivity contribution in [2.45, 2.75) is 59.8 Å². The fraction of sp³-hybridized carbons (Fsp3) is 1.00. The van der Waals surface area contributed by atoms with Gasteiger partial charge in [0.25, 0.3) is 0 Å². The van der Waals surface area contributed by atoms with E-state index in [0.717, 1.165) is 6.54 Å². The van der Waals surface area contributed by atoms with Gasteiger partial charge in [-0.25, -0.2) is 0 Å². The summed E-state index contributed by atoms with van der Waals surface area (Å²) in [5.74, 6) is 0. The van der Waals surface area contributed by atoms with Crippen LogP contribution in [0.4, 0.5) is 0 Å². The van der Waals surface area contributed by atoms with Crippen LogP contribution >= 0.6 is 0 Å². The predicted octanol–water partition coefficient (Wildman–Crippen LogP) is 3.52. The molecule has 1 saturated heterocycles. The first-order valence-electron chi connectivity index (χ1n) is 7.84. The Morgan fingerprint density at radius 1 is 1.22 bits per heavy atom. The lowest BCUT2D eigenvalue weighted by Crippen LogP contribution is -2.46. The Kier molecular flexibility index (Phi) is 6.13. The first kappa shape index (κ1) is 16.0. The third-order valence-corrected chi connectivity index (χ3v) is 4.98. The summed E-state index contributed by atoms with van der Waals surface area (Å²) in [6.07, 6.45) is 6.72. The van der Waals surface area contributed by atoms with Crippen molar-refractivity contribution < 1.29 is 0 Å². The maximum atomic E-state index is 3.38. The lowest BCUT2D eigenvalue weighted by molar-refractivity contribution is 0.0739. The molecule has 1 unspecified atom stereocenters. The van der Waals surface area contributed by atoms with E-state index in [1.54, 1.807) is 0 Å². The van der Waals surface area contributed by atoms with Crippen molar-refractivity contribution in [3.05, 3.63) is 0 Å². The fourth-order valence-corrected chi connectivity index (χ4v) is 3.40. The van der Waals surface area contributed by atoms with Crippen LogP contribution in [-0.4, -0.2) is 38.1 Å². The minimum absolute atomic E-state index is 0.448. The van der Waals surface area contributed by atoms with Crippen molar-refractivity contribution in [3.63, 3.8) is 0 Å². The number of hydrogen-bond donors (Lipinski definition) is 1. The highest BCUT2D eigenvalue weighted by molar-refractivity contribution is 4.86. The highest BCUT2D eigenvalue weighted by atomic mass is 15.1. The van der Waals surface area contributed by atoms with E-state index in [-0.39, 0.29) is 0 Å². The summed E-state index contributed by atoms with van der Waals surface area (Å²) < 4.78 is 0. The highest BCUT2D eigenvalue weighted by Crippen LogP contribution is 2.35. The van der Waals surface area contributed by atoms with Crippen LogP contribution in [0.3, 0.4) is 0 Å². The fourth-order valence-electron chi connectivity index (χ4n) is 3.40. The second kappa shape index (κ2) is 6.91. The number of rotatable bonds is 7. The molecule has 1 N–H and O–H groups in total. The Bertz CT molecular complexity index is 223. The molecule has 1 rings (SSSR count). The average molecular weight is 254 g/mol. The number of piperidine rings is 1. The van der Waals surface area contributed by atoms with Gasteiger partial charge in [0, 0.05) is 13.1 Å². The van der Waals surface area contributed by atoms with Crippen molar-refractivity contribution in [1.82, 2.24) is 10.2 Å². The van der Waals surface area contributed by atoms with E-state index < -0.39 is 0 Å². The third-order valence-electron chi connectivity index (χ3n) is 4.98. The monoisotopic (exact) mass is 254 g/mol. The minimum atomic E-state index is 0.448.